The van der Waals surface area contributed by atoms with Crippen molar-refractivity contribution in [2.75, 3.05) is 25.0 Å². The molecule has 0 bridgehead atoms. The van der Waals surface area contributed by atoms with Gasteiger partial charge in [-0.05, 0) is 24.6 Å². The summed E-state index contributed by atoms with van der Waals surface area (Å²) in [5.74, 6) is -2.86. The zero-order valence-electron chi connectivity index (χ0n) is 11.3. The average molecular weight is 359 g/mol. The Morgan fingerprint density at radius 1 is 1.14 bits per heavy atom. The van der Waals surface area contributed by atoms with Crippen LogP contribution in [0.1, 0.15) is 5.56 Å². The summed E-state index contributed by atoms with van der Waals surface area (Å²) >= 11 is 3.34. The highest BCUT2D eigenvalue weighted by atomic mass is 79.9. The number of hydrogen-bond acceptors (Lipinski definition) is 4. The Bertz CT molecular complexity index is 545. The number of anilines is 1. The van der Waals surface area contributed by atoms with Crippen LogP contribution in [0.4, 0.5) is 5.69 Å². The number of carbonyl (C=O) groups is 3. The van der Waals surface area contributed by atoms with E-state index in [1.54, 1.807) is 12.1 Å². The molecule has 0 aromatic heterocycles. The second kappa shape index (κ2) is 7.75. The summed E-state index contributed by atoms with van der Waals surface area (Å²) in [5.41, 5.74) is 1.55. The Hall–Kier alpha value is -1.93. The van der Waals surface area contributed by atoms with Crippen molar-refractivity contribution in [2.24, 2.45) is 0 Å². The summed E-state index contributed by atoms with van der Waals surface area (Å²) in [6, 6.07) is 5.23. The summed E-state index contributed by atoms with van der Waals surface area (Å²) in [6.45, 7) is 0.551. The number of amides is 1. The van der Waals surface area contributed by atoms with E-state index in [1.807, 2.05) is 13.0 Å². The van der Waals surface area contributed by atoms with E-state index in [-0.39, 0.29) is 6.54 Å². The molecule has 0 saturated heterocycles. The molecule has 0 spiro atoms. The molecular formula is C13H15BrN2O5. The lowest BCUT2D eigenvalue weighted by molar-refractivity contribution is -0.142. The number of halogens is 1. The lowest BCUT2D eigenvalue weighted by Crippen LogP contribution is -2.40. The zero-order chi connectivity index (χ0) is 16.0. The number of carboxylic acid groups (broad SMARTS) is 2. The van der Waals surface area contributed by atoms with Gasteiger partial charge in [-0.25, -0.2) is 0 Å². The minimum atomic E-state index is -1.19. The molecule has 0 aliphatic heterocycles. The molecule has 8 heteroatoms. The van der Waals surface area contributed by atoms with Gasteiger partial charge in [-0.2, -0.15) is 0 Å². The van der Waals surface area contributed by atoms with Crippen LogP contribution < -0.4 is 5.32 Å². The molecule has 0 unspecified atom stereocenters. The van der Waals surface area contributed by atoms with Crippen molar-refractivity contribution in [3.8, 4) is 0 Å². The number of hydrogen-bond donors (Lipinski definition) is 3. The second-order valence-electron chi connectivity index (χ2n) is 4.44. The molecule has 0 aliphatic rings. The highest BCUT2D eigenvalue weighted by Gasteiger charge is 2.17. The summed E-state index contributed by atoms with van der Waals surface area (Å²) in [4.78, 5) is 34.1. The molecule has 1 aromatic carbocycles. The van der Waals surface area contributed by atoms with Crippen LogP contribution in [0.2, 0.25) is 0 Å². The normalized spacial score (nSPS) is 10.4. The zero-order valence-corrected chi connectivity index (χ0v) is 12.9. The molecule has 0 aliphatic carbocycles. The Labute approximate surface area is 129 Å². The third-order valence-corrected chi connectivity index (χ3v) is 3.39. The van der Waals surface area contributed by atoms with Crippen LogP contribution in [0.15, 0.2) is 22.7 Å². The molecule has 1 rings (SSSR count). The van der Waals surface area contributed by atoms with E-state index in [0.29, 0.717) is 5.69 Å². The minimum absolute atomic E-state index is 0.315. The monoisotopic (exact) mass is 358 g/mol. The molecule has 7 nitrogen and oxygen atoms in total. The number of carbonyl (C=O) groups excluding carboxylic acids is 1. The van der Waals surface area contributed by atoms with Gasteiger partial charge in [0.2, 0.25) is 5.91 Å². The predicted octanol–water partition coefficient (Wildman–Crippen LogP) is 1.17. The predicted molar refractivity (Wildman–Crippen MR) is 79.2 cm³/mol. The molecule has 0 atom stereocenters. The number of carboxylic acids is 2. The van der Waals surface area contributed by atoms with E-state index in [2.05, 4.69) is 21.2 Å². The molecule has 21 heavy (non-hydrogen) atoms. The number of nitrogens with zero attached hydrogens (tertiary/aromatic N) is 1. The van der Waals surface area contributed by atoms with E-state index < -0.39 is 30.9 Å². The lowest BCUT2D eigenvalue weighted by atomic mass is 10.2. The lowest BCUT2D eigenvalue weighted by Gasteiger charge is -2.17. The molecule has 0 heterocycles. The first-order valence-corrected chi connectivity index (χ1v) is 6.79. The van der Waals surface area contributed by atoms with Gasteiger partial charge in [-0.15, -0.1) is 0 Å². The van der Waals surface area contributed by atoms with Gasteiger partial charge in [0.1, 0.15) is 0 Å². The molecule has 0 saturated carbocycles. The van der Waals surface area contributed by atoms with Gasteiger partial charge in [-0.1, -0.05) is 22.0 Å². The first-order valence-electron chi connectivity index (χ1n) is 6.00. The quantitative estimate of drug-likeness (QED) is 0.675. The molecule has 1 aromatic rings. The second-order valence-corrected chi connectivity index (χ2v) is 5.30. The summed E-state index contributed by atoms with van der Waals surface area (Å²) < 4.78 is 0.827. The fraction of sp³-hybridized carbons (Fsp3) is 0.308. The van der Waals surface area contributed by atoms with E-state index in [9.17, 15) is 14.4 Å². The van der Waals surface area contributed by atoms with Gasteiger partial charge in [0.25, 0.3) is 0 Å². The number of nitrogens with one attached hydrogen (secondary N) is 1. The fourth-order valence-electron chi connectivity index (χ4n) is 1.62. The maximum absolute atomic E-state index is 11.8. The third kappa shape index (κ3) is 6.37. The highest BCUT2D eigenvalue weighted by molar-refractivity contribution is 9.10. The van der Waals surface area contributed by atoms with Gasteiger partial charge in [0.15, 0.2) is 0 Å². The van der Waals surface area contributed by atoms with Gasteiger partial charge >= 0.3 is 11.9 Å². The number of benzene rings is 1. The number of rotatable bonds is 7. The van der Waals surface area contributed by atoms with Crippen LogP contribution in [-0.2, 0) is 14.4 Å². The molecular weight excluding hydrogens is 344 g/mol. The SMILES string of the molecule is Cc1ccc(NC(=O)CN(CC(=O)O)CC(=O)O)cc1Br. The molecule has 0 radical (unpaired) electrons. The van der Waals surface area contributed by atoms with Crippen molar-refractivity contribution < 1.29 is 24.6 Å². The highest BCUT2D eigenvalue weighted by Crippen LogP contribution is 2.20. The van der Waals surface area contributed by atoms with Gasteiger partial charge < -0.3 is 15.5 Å². The van der Waals surface area contributed by atoms with E-state index in [1.165, 1.54) is 0 Å². The first kappa shape index (κ1) is 17.1. The number of aryl methyl sites for hydroxylation is 1. The Morgan fingerprint density at radius 2 is 1.71 bits per heavy atom. The van der Waals surface area contributed by atoms with Crippen molar-refractivity contribution in [1.82, 2.24) is 4.90 Å². The van der Waals surface area contributed by atoms with Crippen LogP contribution in [-0.4, -0.2) is 52.6 Å². The van der Waals surface area contributed by atoms with Gasteiger partial charge in [-0.3, -0.25) is 19.3 Å². The molecule has 3 N–H and O–H groups in total. The van der Waals surface area contributed by atoms with Crippen LogP contribution in [0.25, 0.3) is 0 Å². The van der Waals surface area contributed by atoms with Crippen molar-refractivity contribution >= 4 is 39.5 Å². The number of aliphatic carboxylic acids is 2. The van der Waals surface area contributed by atoms with Crippen LogP contribution in [0.5, 0.6) is 0 Å². The maximum atomic E-state index is 11.8. The standard InChI is InChI=1S/C13H15BrN2O5/c1-8-2-3-9(4-10(8)14)15-11(17)5-16(6-12(18)19)7-13(20)21/h2-4H,5-7H2,1H3,(H,15,17)(H,18,19)(H,20,21). The topological polar surface area (TPSA) is 107 Å². The molecule has 1 amide bonds. The summed E-state index contributed by atoms with van der Waals surface area (Å²) in [5, 5.41) is 20.0. The van der Waals surface area contributed by atoms with Crippen LogP contribution in [0.3, 0.4) is 0 Å². The van der Waals surface area contributed by atoms with Gasteiger partial charge in [0.05, 0.1) is 19.6 Å². The van der Waals surface area contributed by atoms with Crippen LogP contribution >= 0.6 is 15.9 Å². The average Bonchev–Trinajstić information content (AvgIpc) is 2.31. The molecule has 114 valence electrons. The van der Waals surface area contributed by atoms with Gasteiger partial charge in [0, 0.05) is 10.2 Å². The fourth-order valence-corrected chi connectivity index (χ4v) is 2.00. The smallest absolute Gasteiger partial charge is 0.317 e. The molecule has 0 fully saturated rings. The summed E-state index contributed by atoms with van der Waals surface area (Å²) in [6.07, 6.45) is 0. The van der Waals surface area contributed by atoms with Crippen molar-refractivity contribution in [1.29, 1.82) is 0 Å². The van der Waals surface area contributed by atoms with E-state index >= 15 is 0 Å². The Kier molecular flexibility index (Phi) is 6.32. The maximum Gasteiger partial charge on any atom is 0.317 e. The largest absolute Gasteiger partial charge is 0.480 e. The van der Waals surface area contributed by atoms with E-state index in [0.717, 1.165) is 14.9 Å². The van der Waals surface area contributed by atoms with E-state index in [4.69, 9.17) is 10.2 Å². The Balaban J connectivity index is 2.66. The van der Waals surface area contributed by atoms with Crippen molar-refractivity contribution in [3.63, 3.8) is 0 Å². The third-order valence-electron chi connectivity index (χ3n) is 2.54. The Morgan fingerprint density at radius 3 is 2.19 bits per heavy atom. The van der Waals surface area contributed by atoms with Crippen molar-refractivity contribution in [2.45, 2.75) is 6.92 Å². The first-order chi connectivity index (χ1) is 9.77. The van der Waals surface area contributed by atoms with Crippen molar-refractivity contribution in [3.05, 3.63) is 28.2 Å². The summed E-state index contributed by atoms with van der Waals surface area (Å²) in [7, 11) is 0. The van der Waals surface area contributed by atoms with Crippen LogP contribution in [0, 0.1) is 6.92 Å². The minimum Gasteiger partial charge on any atom is -0.480 e.